The Morgan fingerprint density at radius 3 is 2.75 bits per heavy atom. The fourth-order valence-electron chi connectivity index (χ4n) is 4.39. The Labute approximate surface area is 175 Å². The van der Waals surface area contributed by atoms with Crippen molar-refractivity contribution in [1.29, 1.82) is 0 Å². The summed E-state index contributed by atoms with van der Waals surface area (Å²) in [6.45, 7) is 2.99. The number of hydrogen-bond acceptors (Lipinski definition) is 3. The summed E-state index contributed by atoms with van der Waals surface area (Å²) in [5, 5.41) is 3.08. The number of nitrogens with zero attached hydrogens (tertiary/aromatic N) is 1. The molecule has 1 N–H and O–H groups in total. The number of likely N-dealkylation sites (tertiary alicyclic amines) is 1. The highest BCUT2D eigenvalue weighted by Crippen LogP contribution is 2.30. The summed E-state index contributed by atoms with van der Waals surface area (Å²) in [4.78, 5) is 14.9. The molecule has 1 atom stereocenters. The maximum absolute atomic E-state index is 12.5. The van der Waals surface area contributed by atoms with Gasteiger partial charge in [0.25, 0.3) is 0 Å². The molecule has 0 bridgehead atoms. The van der Waals surface area contributed by atoms with Crippen LogP contribution in [0.15, 0.2) is 46.9 Å². The second kappa shape index (κ2) is 8.66. The Hall–Kier alpha value is -1.85. The van der Waals surface area contributed by atoms with Crippen LogP contribution in [-0.4, -0.2) is 37.6 Å². The van der Waals surface area contributed by atoms with Crippen molar-refractivity contribution in [3.05, 3.63) is 58.1 Å². The quantitative estimate of drug-likeness (QED) is 0.739. The van der Waals surface area contributed by atoms with Crippen LogP contribution in [0, 0.1) is 11.8 Å². The highest BCUT2D eigenvalue weighted by Gasteiger charge is 2.29. The average Bonchev–Trinajstić information content (AvgIpc) is 2.71. The molecule has 28 heavy (non-hydrogen) atoms. The highest BCUT2D eigenvalue weighted by molar-refractivity contribution is 9.10. The van der Waals surface area contributed by atoms with Crippen molar-refractivity contribution in [3.63, 3.8) is 0 Å². The molecule has 0 saturated carbocycles. The molecule has 1 amide bonds. The van der Waals surface area contributed by atoms with E-state index in [9.17, 15) is 4.79 Å². The molecule has 1 fully saturated rings. The third-order valence-corrected chi connectivity index (χ3v) is 6.83. The zero-order valence-electron chi connectivity index (χ0n) is 16.3. The molecule has 2 aromatic carbocycles. The van der Waals surface area contributed by atoms with E-state index in [1.165, 1.54) is 24.0 Å². The zero-order chi connectivity index (χ0) is 19.5. The van der Waals surface area contributed by atoms with Crippen LogP contribution in [0.25, 0.3) is 0 Å². The van der Waals surface area contributed by atoms with Crippen LogP contribution in [-0.2, 0) is 17.6 Å². The number of benzene rings is 2. The molecule has 148 valence electrons. The van der Waals surface area contributed by atoms with Crippen molar-refractivity contribution < 1.29 is 9.53 Å². The first-order chi connectivity index (χ1) is 13.6. The lowest BCUT2D eigenvalue weighted by Gasteiger charge is -2.35. The number of piperidine rings is 1. The molecule has 0 aromatic heterocycles. The van der Waals surface area contributed by atoms with E-state index >= 15 is 0 Å². The van der Waals surface area contributed by atoms with Gasteiger partial charge in [0, 0.05) is 16.7 Å². The van der Waals surface area contributed by atoms with Gasteiger partial charge in [-0.2, -0.15) is 0 Å². The van der Waals surface area contributed by atoms with Crippen LogP contribution < -0.4 is 10.1 Å². The molecule has 2 aliphatic rings. The van der Waals surface area contributed by atoms with Gasteiger partial charge in [-0.05, 0) is 80.1 Å². The van der Waals surface area contributed by atoms with E-state index < -0.39 is 0 Å². The lowest BCUT2D eigenvalue weighted by atomic mass is 9.88. The SMILES string of the molecule is COc1ccc(Br)c(CC2CCN(CC3Cc4ccccc4NC3=O)CC2)c1. The second-order valence-electron chi connectivity index (χ2n) is 7.95. The maximum Gasteiger partial charge on any atom is 0.229 e. The summed E-state index contributed by atoms with van der Waals surface area (Å²) < 4.78 is 6.53. The molecular formula is C23H27BrN2O2. The smallest absolute Gasteiger partial charge is 0.229 e. The average molecular weight is 443 g/mol. The molecular weight excluding hydrogens is 416 g/mol. The second-order valence-corrected chi connectivity index (χ2v) is 8.81. The molecule has 0 spiro atoms. The third kappa shape index (κ3) is 4.41. The topological polar surface area (TPSA) is 41.6 Å². The van der Waals surface area contributed by atoms with E-state index in [-0.39, 0.29) is 11.8 Å². The van der Waals surface area contributed by atoms with Crippen LogP contribution in [0.3, 0.4) is 0 Å². The Bertz CT molecular complexity index is 846. The number of rotatable bonds is 5. The first kappa shape index (κ1) is 19.5. The Morgan fingerprint density at radius 1 is 1.18 bits per heavy atom. The largest absolute Gasteiger partial charge is 0.497 e. The van der Waals surface area contributed by atoms with Crippen LogP contribution in [0.2, 0.25) is 0 Å². The van der Waals surface area contributed by atoms with Crippen molar-refractivity contribution >= 4 is 27.5 Å². The van der Waals surface area contributed by atoms with Gasteiger partial charge >= 0.3 is 0 Å². The number of hydrogen-bond donors (Lipinski definition) is 1. The minimum atomic E-state index is 0.0546. The van der Waals surface area contributed by atoms with Crippen LogP contribution in [0.4, 0.5) is 5.69 Å². The summed E-state index contributed by atoms with van der Waals surface area (Å²) in [5.41, 5.74) is 3.55. The van der Waals surface area contributed by atoms with Gasteiger partial charge in [-0.15, -0.1) is 0 Å². The van der Waals surface area contributed by atoms with Crippen molar-refractivity contribution in [2.75, 3.05) is 32.1 Å². The van der Waals surface area contributed by atoms with Crippen molar-refractivity contribution in [3.8, 4) is 5.75 Å². The maximum atomic E-state index is 12.5. The number of fused-ring (bicyclic) bond motifs is 1. The molecule has 2 heterocycles. The Balaban J connectivity index is 1.31. The molecule has 4 nitrogen and oxygen atoms in total. The molecule has 4 rings (SSSR count). The normalized spacial score (nSPS) is 20.5. The van der Waals surface area contributed by atoms with E-state index in [0.717, 1.165) is 48.4 Å². The Kier molecular flexibility index (Phi) is 6.02. The standard InChI is InChI=1S/C23H27BrN2O2/c1-28-20-6-7-21(24)18(14-20)12-16-8-10-26(11-9-16)15-19-13-17-4-2-3-5-22(17)25-23(19)27/h2-7,14,16,19H,8-13,15H2,1H3,(H,25,27). The molecule has 2 aliphatic heterocycles. The number of methoxy groups -OCH3 is 1. The number of carbonyl (C=O) groups is 1. The van der Waals surface area contributed by atoms with Crippen LogP contribution >= 0.6 is 15.9 Å². The van der Waals surface area contributed by atoms with E-state index in [2.05, 4.69) is 50.4 Å². The number of halogens is 1. The molecule has 1 unspecified atom stereocenters. The Morgan fingerprint density at radius 2 is 1.96 bits per heavy atom. The van der Waals surface area contributed by atoms with E-state index in [0.29, 0.717) is 5.92 Å². The van der Waals surface area contributed by atoms with Gasteiger partial charge in [-0.1, -0.05) is 34.1 Å². The number of para-hydroxylation sites is 1. The highest BCUT2D eigenvalue weighted by atomic mass is 79.9. The third-order valence-electron chi connectivity index (χ3n) is 6.06. The fraction of sp³-hybridized carbons (Fsp3) is 0.435. The van der Waals surface area contributed by atoms with Gasteiger partial charge in [0.2, 0.25) is 5.91 Å². The lowest BCUT2D eigenvalue weighted by molar-refractivity contribution is -0.120. The first-order valence-corrected chi connectivity index (χ1v) is 10.8. The predicted molar refractivity (Wildman–Crippen MR) is 116 cm³/mol. The molecule has 1 saturated heterocycles. The van der Waals surface area contributed by atoms with Crippen molar-refractivity contribution in [1.82, 2.24) is 4.90 Å². The van der Waals surface area contributed by atoms with Gasteiger partial charge in [0.1, 0.15) is 5.75 Å². The molecule has 2 aromatic rings. The number of anilines is 1. The zero-order valence-corrected chi connectivity index (χ0v) is 17.9. The predicted octanol–water partition coefficient (Wildman–Crippen LogP) is 4.52. The number of carbonyl (C=O) groups excluding carboxylic acids is 1. The molecule has 5 heteroatoms. The van der Waals surface area contributed by atoms with Gasteiger partial charge in [-0.3, -0.25) is 4.79 Å². The van der Waals surface area contributed by atoms with Gasteiger partial charge < -0.3 is 15.0 Å². The lowest BCUT2D eigenvalue weighted by Crippen LogP contribution is -2.42. The van der Waals surface area contributed by atoms with Crippen molar-refractivity contribution in [2.24, 2.45) is 11.8 Å². The summed E-state index contributed by atoms with van der Waals surface area (Å²) in [6.07, 6.45) is 4.27. The summed E-state index contributed by atoms with van der Waals surface area (Å²) in [6, 6.07) is 14.3. The fourth-order valence-corrected chi connectivity index (χ4v) is 4.80. The monoisotopic (exact) mass is 442 g/mol. The van der Waals surface area contributed by atoms with E-state index in [1.807, 2.05) is 18.2 Å². The minimum absolute atomic E-state index is 0.0546. The number of ether oxygens (including phenoxy) is 1. The summed E-state index contributed by atoms with van der Waals surface area (Å²) in [7, 11) is 1.71. The summed E-state index contributed by atoms with van der Waals surface area (Å²) in [5.74, 6) is 1.82. The number of nitrogens with one attached hydrogen (secondary N) is 1. The number of amides is 1. The van der Waals surface area contributed by atoms with E-state index in [1.54, 1.807) is 7.11 Å². The van der Waals surface area contributed by atoms with Gasteiger partial charge in [0.15, 0.2) is 0 Å². The minimum Gasteiger partial charge on any atom is -0.497 e. The summed E-state index contributed by atoms with van der Waals surface area (Å²) >= 11 is 3.67. The van der Waals surface area contributed by atoms with Gasteiger partial charge in [0.05, 0.1) is 13.0 Å². The van der Waals surface area contributed by atoms with Crippen LogP contribution in [0.1, 0.15) is 24.0 Å². The molecule has 0 radical (unpaired) electrons. The first-order valence-electron chi connectivity index (χ1n) is 10.1. The van der Waals surface area contributed by atoms with Crippen molar-refractivity contribution in [2.45, 2.75) is 25.7 Å². The van der Waals surface area contributed by atoms with Gasteiger partial charge in [-0.25, -0.2) is 0 Å². The molecule has 0 aliphatic carbocycles. The van der Waals surface area contributed by atoms with Crippen LogP contribution in [0.5, 0.6) is 5.75 Å². The van der Waals surface area contributed by atoms with E-state index in [4.69, 9.17) is 4.74 Å².